The number of hydrogen-bond donors (Lipinski definition) is 0. The molecule has 2 aromatic heterocycles. The summed E-state index contributed by atoms with van der Waals surface area (Å²) >= 11 is 0. The lowest BCUT2D eigenvalue weighted by atomic mass is 9.96. The molecule has 0 aliphatic heterocycles. The predicted octanol–water partition coefficient (Wildman–Crippen LogP) is 8.54. The van der Waals surface area contributed by atoms with E-state index in [1.165, 1.54) is 43.1 Å². The van der Waals surface area contributed by atoms with Crippen molar-refractivity contribution in [2.45, 2.75) is 39.5 Å². The van der Waals surface area contributed by atoms with Gasteiger partial charge in [-0.15, -0.1) is 0 Å². The fourth-order valence-electron chi connectivity index (χ4n) is 4.80. The van der Waals surface area contributed by atoms with Crippen LogP contribution in [0.2, 0.25) is 0 Å². The molecule has 0 N–H and O–H groups in total. The fraction of sp³-hybridized carbons (Fsp3) is 0.214. The van der Waals surface area contributed by atoms with Gasteiger partial charge in [0.15, 0.2) is 0 Å². The molecule has 6 aromatic rings. The maximum absolute atomic E-state index is 6.12. The highest BCUT2D eigenvalue weighted by Crippen LogP contribution is 2.36. The molecule has 0 spiro atoms. The summed E-state index contributed by atoms with van der Waals surface area (Å²) in [5, 5.41) is 9.88. The van der Waals surface area contributed by atoms with E-state index in [2.05, 4.69) is 74.5 Å². The van der Waals surface area contributed by atoms with E-state index in [0.717, 1.165) is 48.4 Å². The first-order valence-corrected chi connectivity index (χ1v) is 11.0. The molecule has 0 bridgehead atoms. The second kappa shape index (κ2) is 6.63. The summed E-state index contributed by atoms with van der Waals surface area (Å²) in [7, 11) is 0. The second-order valence-electron chi connectivity index (χ2n) is 8.37. The Morgan fingerprint density at radius 2 is 0.967 bits per heavy atom. The smallest absolute Gasteiger partial charge is 0.134 e. The van der Waals surface area contributed by atoms with Gasteiger partial charge < -0.3 is 8.83 Å². The minimum absolute atomic E-state index is 0.976. The maximum atomic E-state index is 6.12. The van der Waals surface area contributed by atoms with Crippen LogP contribution in [0.5, 0.6) is 0 Å². The number of benzene rings is 4. The van der Waals surface area contributed by atoms with Crippen LogP contribution in [0.1, 0.15) is 38.2 Å². The van der Waals surface area contributed by atoms with Crippen molar-refractivity contribution in [1.82, 2.24) is 0 Å². The van der Waals surface area contributed by atoms with E-state index in [4.69, 9.17) is 8.83 Å². The number of rotatable bonds is 4. The molecule has 0 saturated heterocycles. The molecule has 2 heteroatoms. The molecule has 0 aliphatic carbocycles. The van der Waals surface area contributed by atoms with E-state index < -0.39 is 0 Å². The Labute approximate surface area is 175 Å². The number of aryl methyl sites for hydroxylation is 2. The SMILES string of the molecule is CCCc1cc2cc3ccc4c5cc6oc(CCC)cc6cc5ccc4c3cc2o1. The predicted molar refractivity (Wildman–Crippen MR) is 126 cm³/mol. The molecule has 6 rings (SSSR count). The standard InChI is InChI=1S/C28H24O2/c1-3-5-21-13-19-11-17-7-9-24-23(25(17)15-27(19)29-21)10-8-18-12-20-14-22(6-4-2)30-28(20)16-26(18)24/h7-16H,3-6H2,1-2H3. The summed E-state index contributed by atoms with van der Waals surface area (Å²) in [6.07, 6.45) is 4.15. The Kier molecular flexibility index (Phi) is 3.89. The van der Waals surface area contributed by atoms with Crippen molar-refractivity contribution in [3.05, 3.63) is 72.2 Å². The quantitative estimate of drug-likeness (QED) is 0.281. The Balaban J connectivity index is 1.62. The molecule has 0 fully saturated rings. The highest BCUT2D eigenvalue weighted by atomic mass is 16.3. The second-order valence-corrected chi connectivity index (χ2v) is 8.37. The monoisotopic (exact) mass is 392 g/mol. The van der Waals surface area contributed by atoms with E-state index in [1.54, 1.807) is 0 Å². The van der Waals surface area contributed by atoms with Gasteiger partial charge in [0.05, 0.1) is 0 Å². The normalized spacial score (nSPS) is 12.2. The van der Waals surface area contributed by atoms with Crippen LogP contribution in [0.4, 0.5) is 0 Å². The lowest BCUT2D eigenvalue weighted by molar-refractivity contribution is 0.544. The molecule has 30 heavy (non-hydrogen) atoms. The van der Waals surface area contributed by atoms with E-state index >= 15 is 0 Å². The van der Waals surface area contributed by atoms with Gasteiger partial charge in [0, 0.05) is 23.6 Å². The fourth-order valence-corrected chi connectivity index (χ4v) is 4.80. The Bertz CT molecular complexity index is 1440. The van der Waals surface area contributed by atoms with Crippen molar-refractivity contribution in [1.29, 1.82) is 0 Å². The molecule has 0 saturated carbocycles. The van der Waals surface area contributed by atoms with Crippen molar-refractivity contribution in [2.75, 3.05) is 0 Å². The molecule has 2 heterocycles. The van der Waals surface area contributed by atoms with Crippen LogP contribution in [-0.2, 0) is 12.8 Å². The Morgan fingerprint density at radius 3 is 1.40 bits per heavy atom. The van der Waals surface area contributed by atoms with E-state index in [1.807, 2.05) is 0 Å². The average molecular weight is 392 g/mol. The van der Waals surface area contributed by atoms with Crippen LogP contribution in [0, 0.1) is 0 Å². The molecule has 0 atom stereocenters. The summed E-state index contributed by atoms with van der Waals surface area (Å²) < 4.78 is 12.2. The Morgan fingerprint density at radius 1 is 0.500 bits per heavy atom. The molecule has 148 valence electrons. The minimum atomic E-state index is 0.976. The first-order valence-electron chi connectivity index (χ1n) is 11.0. The molecule has 0 unspecified atom stereocenters. The van der Waals surface area contributed by atoms with E-state index in [9.17, 15) is 0 Å². The summed E-state index contributed by atoms with van der Waals surface area (Å²) in [5.74, 6) is 2.14. The van der Waals surface area contributed by atoms with Crippen LogP contribution in [0.25, 0.3) is 54.3 Å². The van der Waals surface area contributed by atoms with Crippen molar-refractivity contribution in [2.24, 2.45) is 0 Å². The molecule has 0 radical (unpaired) electrons. The number of hydrogen-bond acceptors (Lipinski definition) is 2. The molecule has 0 amide bonds. The van der Waals surface area contributed by atoms with Gasteiger partial charge in [-0.05, 0) is 81.6 Å². The van der Waals surface area contributed by atoms with Crippen molar-refractivity contribution in [3.63, 3.8) is 0 Å². The first kappa shape index (κ1) is 17.6. The van der Waals surface area contributed by atoms with Gasteiger partial charge in [0.25, 0.3) is 0 Å². The van der Waals surface area contributed by atoms with Gasteiger partial charge >= 0.3 is 0 Å². The van der Waals surface area contributed by atoms with Gasteiger partial charge in [-0.3, -0.25) is 0 Å². The molecular formula is C28H24O2. The van der Waals surface area contributed by atoms with Gasteiger partial charge in [0.1, 0.15) is 22.7 Å². The summed E-state index contributed by atoms with van der Waals surface area (Å²) in [5.41, 5.74) is 1.95. The molecule has 4 aromatic carbocycles. The third-order valence-corrected chi connectivity index (χ3v) is 6.20. The lowest BCUT2D eigenvalue weighted by Crippen LogP contribution is -1.81. The van der Waals surface area contributed by atoms with Gasteiger partial charge in [-0.25, -0.2) is 0 Å². The van der Waals surface area contributed by atoms with Gasteiger partial charge in [0.2, 0.25) is 0 Å². The van der Waals surface area contributed by atoms with Gasteiger partial charge in [-0.1, -0.05) is 38.1 Å². The van der Waals surface area contributed by atoms with Crippen molar-refractivity contribution in [3.8, 4) is 0 Å². The van der Waals surface area contributed by atoms with Crippen LogP contribution < -0.4 is 0 Å². The van der Waals surface area contributed by atoms with Crippen molar-refractivity contribution >= 4 is 54.3 Å². The lowest BCUT2D eigenvalue weighted by Gasteiger charge is -2.08. The minimum Gasteiger partial charge on any atom is -0.461 e. The van der Waals surface area contributed by atoms with E-state index in [0.29, 0.717) is 0 Å². The van der Waals surface area contributed by atoms with Gasteiger partial charge in [-0.2, -0.15) is 0 Å². The third-order valence-electron chi connectivity index (χ3n) is 6.20. The van der Waals surface area contributed by atoms with E-state index in [-0.39, 0.29) is 0 Å². The number of furan rings is 2. The molecule has 2 nitrogen and oxygen atoms in total. The zero-order valence-electron chi connectivity index (χ0n) is 17.4. The zero-order valence-corrected chi connectivity index (χ0v) is 17.4. The highest BCUT2D eigenvalue weighted by Gasteiger charge is 2.11. The highest BCUT2D eigenvalue weighted by molar-refractivity contribution is 6.20. The van der Waals surface area contributed by atoms with Crippen LogP contribution in [0.15, 0.2) is 69.5 Å². The third kappa shape index (κ3) is 2.64. The Hall–Kier alpha value is -3.26. The molecule has 0 aliphatic rings. The van der Waals surface area contributed by atoms with Crippen LogP contribution in [-0.4, -0.2) is 0 Å². The maximum Gasteiger partial charge on any atom is 0.134 e. The summed E-state index contributed by atoms with van der Waals surface area (Å²) in [4.78, 5) is 0. The first-order chi connectivity index (χ1) is 14.7. The largest absolute Gasteiger partial charge is 0.461 e. The van der Waals surface area contributed by atoms with Crippen molar-refractivity contribution < 1.29 is 8.83 Å². The van der Waals surface area contributed by atoms with Crippen LogP contribution >= 0.6 is 0 Å². The topological polar surface area (TPSA) is 26.3 Å². The summed E-state index contributed by atoms with van der Waals surface area (Å²) in [6.45, 7) is 4.37. The zero-order chi connectivity index (χ0) is 20.2. The molecular weight excluding hydrogens is 368 g/mol. The number of fused-ring (bicyclic) bond motifs is 7. The average Bonchev–Trinajstić information content (AvgIpc) is 3.32. The van der Waals surface area contributed by atoms with Crippen LogP contribution in [0.3, 0.4) is 0 Å². The summed E-state index contributed by atoms with van der Waals surface area (Å²) in [6, 6.07) is 22.3.